The quantitative estimate of drug-likeness (QED) is 0.823. The summed E-state index contributed by atoms with van der Waals surface area (Å²) in [5, 5.41) is 0. The second kappa shape index (κ2) is 5.85. The van der Waals surface area contributed by atoms with Gasteiger partial charge < -0.3 is 9.72 Å². The molecule has 2 aromatic heterocycles. The molecule has 0 atom stereocenters. The minimum Gasteiger partial charge on any atom is -0.481 e. The standard InChI is InChI=1S/C12H13N3O4S/c1-19-12-3-2-9(6-14-12)7-15-20(17,18)11-8-13-5-4-10(11)16/h2-6,8,15H,7H2,1H3,(H,13,16). The second-order valence-electron chi connectivity index (χ2n) is 3.91. The first-order valence-electron chi connectivity index (χ1n) is 5.68. The average Bonchev–Trinajstić information content (AvgIpc) is 2.46. The Hall–Kier alpha value is -2.19. The number of H-pyrrole nitrogens is 1. The highest BCUT2D eigenvalue weighted by molar-refractivity contribution is 7.89. The average molecular weight is 295 g/mol. The fraction of sp³-hybridized carbons (Fsp3) is 0.167. The lowest BCUT2D eigenvalue weighted by atomic mass is 10.3. The number of hydrogen-bond acceptors (Lipinski definition) is 5. The van der Waals surface area contributed by atoms with E-state index in [2.05, 4.69) is 14.7 Å². The minimum absolute atomic E-state index is 0.0354. The predicted molar refractivity (Wildman–Crippen MR) is 71.9 cm³/mol. The smallest absolute Gasteiger partial charge is 0.246 e. The Kier molecular flexibility index (Phi) is 4.16. The molecule has 2 N–H and O–H groups in total. The Morgan fingerprint density at radius 1 is 1.35 bits per heavy atom. The molecule has 0 saturated carbocycles. The van der Waals surface area contributed by atoms with Gasteiger partial charge in [-0.05, 0) is 5.56 Å². The number of aromatic nitrogens is 2. The maximum absolute atomic E-state index is 12.0. The molecule has 20 heavy (non-hydrogen) atoms. The molecule has 8 heteroatoms. The fourth-order valence-corrected chi connectivity index (χ4v) is 2.57. The van der Waals surface area contributed by atoms with Crippen LogP contribution in [0.25, 0.3) is 0 Å². The van der Waals surface area contributed by atoms with E-state index in [-0.39, 0.29) is 11.4 Å². The van der Waals surface area contributed by atoms with E-state index < -0.39 is 15.5 Å². The summed E-state index contributed by atoms with van der Waals surface area (Å²) in [6, 6.07) is 4.46. The Morgan fingerprint density at radius 3 is 2.75 bits per heavy atom. The van der Waals surface area contributed by atoms with E-state index in [1.165, 1.54) is 19.5 Å². The van der Waals surface area contributed by atoms with Gasteiger partial charge in [-0.25, -0.2) is 18.1 Å². The highest BCUT2D eigenvalue weighted by Gasteiger charge is 2.17. The molecule has 0 aliphatic heterocycles. The van der Waals surface area contributed by atoms with Crippen LogP contribution in [0.1, 0.15) is 5.56 Å². The first-order chi connectivity index (χ1) is 9.53. The van der Waals surface area contributed by atoms with E-state index in [0.29, 0.717) is 11.4 Å². The van der Waals surface area contributed by atoms with Crippen molar-refractivity contribution in [1.29, 1.82) is 0 Å². The van der Waals surface area contributed by atoms with Crippen molar-refractivity contribution in [3.63, 3.8) is 0 Å². The normalized spacial score (nSPS) is 11.2. The Labute approximate surface area is 115 Å². The van der Waals surface area contributed by atoms with Gasteiger partial charge in [0.25, 0.3) is 0 Å². The molecule has 2 rings (SSSR count). The zero-order valence-corrected chi connectivity index (χ0v) is 11.5. The van der Waals surface area contributed by atoms with Crippen LogP contribution in [0.3, 0.4) is 0 Å². The first kappa shape index (κ1) is 14.2. The van der Waals surface area contributed by atoms with Gasteiger partial charge in [-0.15, -0.1) is 0 Å². The molecular weight excluding hydrogens is 282 g/mol. The lowest BCUT2D eigenvalue weighted by molar-refractivity contribution is 0.397. The highest BCUT2D eigenvalue weighted by atomic mass is 32.2. The number of ether oxygens (including phenoxy) is 1. The van der Waals surface area contributed by atoms with Crippen LogP contribution in [-0.2, 0) is 16.6 Å². The summed E-state index contributed by atoms with van der Waals surface area (Å²) in [5.74, 6) is 0.441. The highest BCUT2D eigenvalue weighted by Crippen LogP contribution is 2.07. The molecular formula is C12H13N3O4S. The third-order valence-electron chi connectivity index (χ3n) is 2.55. The molecule has 0 saturated heterocycles. The Balaban J connectivity index is 2.13. The molecule has 0 aliphatic rings. The van der Waals surface area contributed by atoms with Crippen molar-refractivity contribution in [2.24, 2.45) is 0 Å². The van der Waals surface area contributed by atoms with Crippen LogP contribution >= 0.6 is 0 Å². The van der Waals surface area contributed by atoms with Gasteiger partial charge in [-0.3, -0.25) is 4.79 Å². The van der Waals surface area contributed by atoms with E-state index >= 15 is 0 Å². The van der Waals surface area contributed by atoms with E-state index in [0.717, 1.165) is 12.3 Å². The molecule has 0 fully saturated rings. The summed E-state index contributed by atoms with van der Waals surface area (Å²) in [5.41, 5.74) is 0.0887. The van der Waals surface area contributed by atoms with Gasteiger partial charge in [-0.1, -0.05) is 6.07 Å². The van der Waals surface area contributed by atoms with Crippen molar-refractivity contribution < 1.29 is 13.2 Å². The number of rotatable bonds is 5. The van der Waals surface area contributed by atoms with Crippen molar-refractivity contribution in [3.8, 4) is 5.88 Å². The summed E-state index contributed by atoms with van der Waals surface area (Å²) in [4.78, 5) is 17.7. The summed E-state index contributed by atoms with van der Waals surface area (Å²) in [6.07, 6.45) is 4.02. The predicted octanol–water partition coefficient (Wildman–Crippen LogP) is 0.257. The van der Waals surface area contributed by atoms with E-state index in [1.54, 1.807) is 12.1 Å². The van der Waals surface area contributed by atoms with Crippen LogP contribution in [0.5, 0.6) is 5.88 Å². The van der Waals surface area contributed by atoms with Gasteiger partial charge in [0.2, 0.25) is 21.3 Å². The number of methoxy groups -OCH3 is 1. The van der Waals surface area contributed by atoms with Crippen molar-refractivity contribution >= 4 is 10.0 Å². The molecule has 2 heterocycles. The second-order valence-corrected chi connectivity index (χ2v) is 5.64. The molecule has 0 aromatic carbocycles. The third-order valence-corrected chi connectivity index (χ3v) is 3.97. The third kappa shape index (κ3) is 3.22. The number of nitrogens with zero attached hydrogens (tertiary/aromatic N) is 1. The van der Waals surface area contributed by atoms with E-state index in [1.807, 2.05) is 0 Å². The molecule has 0 radical (unpaired) electrons. The van der Waals surface area contributed by atoms with Gasteiger partial charge in [0.15, 0.2) is 0 Å². The number of nitrogens with one attached hydrogen (secondary N) is 2. The molecule has 0 amide bonds. The van der Waals surface area contributed by atoms with E-state index in [4.69, 9.17) is 4.74 Å². The number of aromatic amines is 1. The monoisotopic (exact) mass is 295 g/mol. The van der Waals surface area contributed by atoms with Crippen molar-refractivity contribution in [1.82, 2.24) is 14.7 Å². The summed E-state index contributed by atoms with van der Waals surface area (Å²) >= 11 is 0. The fourth-order valence-electron chi connectivity index (χ4n) is 1.50. The Morgan fingerprint density at radius 2 is 2.15 bits per heavy atom. The maximum Gasteiger partial charge on any atom is 0.246 e. The van der Waals surface area contributed by atoms with Crippen molar-refractivity contribution in [2.45, 2.75) is 11.4 Å². The maximum atomic E-state index is 12.0. The summed E-state index contributed by atoms with van der Waals surface area (Å²) in [6.45, 7) is 0.0354. The van der Waals surface area contributed by atoms with E-state index in [9.17, 15) is 13.2 Å². The molecule has 2 aromatic rings. The number of hydrogen-bond donors (Lipinski definition) is 2. The van der Waals surface area contributed by atoms with Crippen molar-refractivity contribution in [2.75, 3.05) is 7.11 Å². The Bertz CT molecular complexity index is 738. The van der Waals surface area contributed by atoms with Crippen LogP contribution in [0.2, 0.25) is 0 Å². The van der Waals surface area contributed by atoms with Crippen LogP contribution in [-0.4, -0.2) is 25.5 Å². The minimum atomic E-state index is -3.86. The van der Waals surface area contributed by atoms with Gasteiger partial charge >= 0.3 is 0 Å². The number of pyridine rings is 2. The van der Waals surface area contributed by atoms with Crippen molar-refractivity contribution in [3.05, 3.63) is 52.6 Å². The van der Waals surface area contributed by atoms with Crippen LogP contribution in [0, 0.1) is 0 Å². The van der Waals surface area contributed by atoms with Crippen LogP contribution in [0.4, 0.5) is 0 Å². The molecule has 0 spiro atoms. The molecule has 7 nitrogen and oxygen atoms in total. The lowest BCUT2D eigenvalue weighted by Crippen LogP contribution is -2.28. The van der Waals surface area contributed by atoms with Crippen LogP contribution in [0.15, 0.2) is 46.5 Å². The zero-order chi connectivity index (χ0) is 14.6. The molecule has 106 valence electrons. The summed E-state index contributed by atoms with van der Waals surface area (Å²) in [7, 11) is -2.37. The summed E-state index contributed by atoms with van der Waals surface area (Å²) < 4.78 is 31.2. The first-order valence-corrected chi connectivity index (χ1v) is 7.17. The lowest BCUT2D eigenvalue weighted by Gasteiger charge is -2.06. The largest absolute Gasteiger partial charge is 0.481 e. The molecule has 0 unspecified atom stereocenters. The number of sulfonamides is 1. The van der Waals surface area contributed by atoms with Gasteiger partial charge in [0.05, 0.1) is 7.11 Å². The molecule has 0 aliphatic carbocycles. The topological polar surface area (TPSA) is 101 Å². The van der Waals surface area contributed by atoms with Gasteiger partial charge in [-0.2, -0.15) is 0 Å². The molecule has 0 bridgehead atoms. The van der Waals surface area contributed by atoms with Gasteiger partial charge in [0, 0.05) is 37.3 Å². The van der Waals surface area contributed by atoms with Gasteiger partial charge in [0.1, 0.15) is 4.90 Å². The SMILES string of the molecule is COc1ccc(CNS(=O)(=O)c2c[nH]ccc2=O)cn1. The van der Waals surface area contributed by atoms with Crippen LogP contribution < -0.4 is 14.9 Å². The zero-order valence-electron chi connectivity index (χ0n) is 10.7.